The van der Waals surface area contributed by atoms with Crippen LogP contribution in [0.2, 0.25) is 0 Å². The molecule has 1 atom stereocenters. The first kappa shape index (κ1) is 21.6. The molecule has 0 aliphatic carbocycles. The van der Waals surface area contributed by atoms with Crippen LogP contribution in [0.1, 0.15) is 64.3 Å². The van der Waals surface area contributed by atoms with E-state index in [4.69, 9.17) is 9.47 Å². The van der Waals surface area contributed by atoms with Gasteiger partial charge in [0, 0.05) is 0 Å². The van der Waals surface area contributed by atoms with E-state index >= 15 is 0 Å². The molecule has 2 aromatic rings. The standard InChI is InChI=1S/C21H25NO5S/c1-5-15(14-11-9-8-10-12-14)18(23)22-19-16(20(24)26-6-2)13(4)17(28-19)21(25)27-7-3/h8-12,15H,5-7H2,1-4H3,(H,22,23)/t15-/m1/s1. The van der Waals surface area contributed by atoms with Gasteiger partial charge in [0.2, 0.25) is 5.91 Å². The molecule has 1 heterocycles. The second kappa shape index (κ2) is 10.0. The molecule has 1 aromatic carbocycles. The highest BCUT2D eigenvalue weighted by Crippen LogP contribution is 2.35. The summed E-state index contributed by atoms with van der Waals surface area (Å²) in [7, 11) is 0. The van der Waals surface area contributed by atoms with E-state index in [1.54, 1.807) is 20.8 Å². The smallest absolute Gasteiger partial charge is 0.348 e. The summed E-state index contributed by atoms with van der Waals surface area (Å²) in [6.07, 6.45) is 0.597. The van der Waals surface area contributed by atoms with Gasteiger partial charge in [0.1, 0.15) is 9.88 Å². The fourth-order valence-corrected chi connectivity index (χ4v) is 3.99. The molecule has 0 bridgehead atoms. The second-order valence-corrected chi connectivity index (χ2v) is 7.08. The molecule has 0 aliphatic heterocycles. The molecule has 0 saturated carbocycles. The number of hydrogen-bond acceptors (Lipinski definition) is 6. The average molecular weight is 404 g/mol. The van der Waals surface area contributed by atoms with Gasteiger partial charge in [-0.2, -0.15) is 0 Å². The molecule has 7 heteroatoms. The number of esters is 2. The van der Waals surface area contributed by atoms with Gasteiger partial charge in [0.05, 0.1) is 24.7 Å². The molecule has 2 rings (SSSR count). The number of rotatable bonds is 8. The summed E-state index contributed by atoms with van der Waals surface area (Å²) in [5.74, 6) is -1.71. The summed E-state index contributed by atoms with van der Waals surface area (Å²) < 4.78 is 10.2. The van der Waals surface area contributed by atoms with E-state index in [1.165, 1.54) is 0 Å². The van der Waals surface area contributed by atoms with Gasteiger partial charge >= 0.3 is 11.9 Å². The van der Waals surface area contributed by atoms with E-state index in [2.05, 4.69) is 5.32 Å². The zero-order chi connectivity index (χ0) is 20.7. The van der Waals surface area contributed by atoms with Gasteiger partial charge < -0.3 is 14.8 Å². The highest BCUT2D eigenvalue weighted by Gasteiger charge is 2.29. The molecule has 1 amide bonds. The van der Waals surface area contributed by atoms with Gasteiger partial charge in [-0.05, 0) is 38.3 Å². The molecule has 6 nitrogen and oxygen atoms in total. The van der Waals surface area contributed by atoms with Crippen molar-refractivity contribution in [2.24, 2.45) is 0 Å². The van der Waals surface area contributed by atoms with E-state index in [0.29, 0.717) is 17.0 Å². The molecular formula is C21H25NO5S. The third kappa shape index (κ3) is 4.78. The second-order valence-electron chi connectivity index (χ2n) is 6.06. The molecule has 1 N–H and O–H groups in total. The zero-order valence-electron chi connectivity index (χ0n) is 16.5. The monoisotopic (exact) mass is 403 g/mol. The Morgan fingerprint density at radius 3 is 2.18 bits per heavy atom. The first-order valence-electron chi connectivity index (χ1n) is 9.27. The van der Waals surface area contributed by atoms with Crippen LogP contribution >= 0.6 is 11.3 Å². The molecule has 0 radical (unpaired) electrons. The largest absolute Gasteiger partial charge is 0.462 e. The fraction of sp³-hybridized carbons (Fsp3) is 0.381. The fourth-order valence-electron chi connectivity index (χ4n) is 2.90. The molecule has 1 aromatic heterocycles. The van der Waals surface area contributed by atoms with Crippen LogP contribution in [0.25, 0.3) is 0 Å². The first-order chi connectivity index (χ1) is 13.4. The van der Waals surface area contributed by atoms with E-state index < -0.39 is 11.9 Å². The van der Waals surface area contributed by atoms with Crippen molar-refractivity contribution in [3.63, 3.8) is 0 Å². The van der Waals surface area contributed by atoms with Crippen molar-refractivity contribution in [2.45, 2.75) is 40.0 Å². The Morgan fingerprint density at radius 1 is 1.00 bits per heavy atom. The molecule has 0 aliphatic rings. The zero-order valence-corrected chi connectivity index (χ0v) is 17.4. The van der Waals surface area contributed by atoms with Crippen LogP contribution in [0.15, 0.2) is 30.3 Å². The van der Waals surface area contributed by atoms with E-state index in [0.717, 1.165) is 16.9 Å². The van der Waals surface area contributed by atoms with Crippen molar-refractivity contribution in [3.8, 4) is 0 Å². The van der Waals surface area contributed by atoms with Gasteiger partial charge in [0.25, 0.3) is 0 Å². The molecule has 0 unspecified atom stereocenters. The third-order valence-corrected chi connectivity index (χ3v) is 5.44. The van der Waals surface area contributed by atoms with Crippen LogP contribution < -0.4 is 5.32 Å². The Labute approximate surface area is 168 Å². The molecule has 0 saturated heterocycles. The lowest BCUT2D eigenvalue weighted by Crippen LogP contribution is -2.21. The van der Waals surface area contributed by atoms with Gasteiger partial charge in [0.15, 0.2) is 0 Å². The van der Waals surface area contributed by atoms with Crippen molar-refractivity contribution in [1.82, 2.24) is 0 Å². The van der Waals surface area contributed by atoms with E-state index in [-0.39, 0.29) is 35.5 Å². The summed E-state index contributed by atoms with van der Waals surface area (Å²) in [4.78, 5) is 37.9. The lowest BCUT2D eigenvalue weighted by Gasteiger charge is -2.15. The Morgan fingerprint density at radius 2 is 1.61 bits per heavy atom. The van der Waals surface area contributed by atoms with E-state index in [9.17, 15) is 14.4 Å². The normalized spacial score (nSPS) is 11.6. The van der Waals surface area contributed by atoms with Crippen LogP contribution in [-0.4, -0.2) is 31.1 Å². The number of carbonyl (C=O) groups excluding carboxylic acids is 3. The number of thiophene rings is 1. The molecule has 28 heavy (non-hydrogen) atoms. The summed E-state index contributed by atoms with van der Waals surface area (Å²) in [6.45, 7) is 7.40. The summed E-state index contributed by atoms with van der Waals surface area (Å²) in [5, 5.41) is 3.13. The lowest BCUT2D eigenvalue weighted by atomic mass is 9.95. The quantitative estimate of drug-likeness (QED) is 0.654. The van der Waals surface area contributed by atoms with Crippen LogP contribution in [0.4, 0.5) is 5.00 Å². The SMILES string of the molecule is CCOC(=O)c1sc(NC(=O)[C@H](CC)c2ccccc2)c(C(=O)OCC)c1C. The number of hydrogen-bond donors (Lipinski definition) is 1. The number of benzene rings is 1. The Hall–Kier alpha value is -2.67. The Bertz CT molecular complexity index is 844. The maximum absolute atomic E-state index is 12.9. The van der Waals surface area contributed by atoms with Crippen molar-refractivity contribution < 1.29 is 23.9 Å². The van der Waals surface area contributed by atoms with Crippen molar-refractivity contribution in [3.05, 3.63) is 51.9 Å². The molecular weight excluding hydrogens is 378 g/mol. The predicted octanol–water partition coefficient (Wildman–Crippen LogP) is 4.54. The van der Waals surface area contributed by atoms with Crippen molar-refractivity contribution >= 4 is 34.2 Å². The highest BCUT2D eigenvalue weighted by molar-refractivity contribution is 7.18. The highest BCUT2D eigenvalue weighted by atomic mass is 32.1. The minimum absolute atomic E-state index is 0.192. The van der Waals surface area contributed by atoms with Gasteiger partial charge in [-0.25, -0.2) is 9.59 Å². The molecule has 150 valence electrons. The minimum Gasteiger partial charge on any atom is -0.462 e. The van der Waals surface area contributed by atoms with Crippen LogP contribution in [-0.2, 0) is 14.3 Å². The Kier molecular flexibility index (Phi) is 7.75. The number of amides is 1. The third-order valence-electron chi connectivity index (χ3n) is 4.25. The van der Waals surface area contributed by atoms with Gasteiger partial charge in [-0.1, -0.05) is 37.3 Å². The van der Waals surface area contributed by atoms with Gasteiger partial charge in [-0.15, -0.1) is 11.3 Å². The van der Waals surface area contributed by atoms with Crippen molar-refractivity contribution in [1.29, 1.82) is 0 Å². The first-order valence-corrected chi connectivity index (χ1v) is 10.1. The van der Waals surface area contributed by atoms with Crippen molar-refractivity contribution in [2.75, 3.05) is 18.5 Å². The van der Waals surface area contributed by atoms with Crippen LogP contribution in [0, 0.1) is 6.92 Å². The molecule has 0 fully saturated rings. The number of anilines is 1. The van der Waals surface area contributed by atoms with E-state index in [1.807, 2.05) is 37.3 Å². The topological polar surface area (TPSA) is 81.7 Å². The van der Waals surface area contributed by atoms with Gasteiger partial charge in [-0.3, -0.25) is 4.79 Å². The summed E-state index contributed by atoms with van der Waals surface area (Å²) in [6, 6.07) is 9.43. The number of carbonyl (C=O) groups is 3. The van der Waals surface area contributed by atoms with Crippen LogP contribution in [0.3, 0.4) is 0 Å². The summed E-state index contributed by atoms with van der Waals surface area (Å²) >= 11 is 1.03. The average Bonchev–Trinajstić information content (AvgIpc) is 2.99. The minimum atomic E-state index is -0.574. The maximum Gasteiger partial charge on any atom is 0.348 e. The molecule has 0 spiro atoms. The maximum atomic E-state index is 12.9. The summed E-state index contributed by atoms with van der Waals surface area (Å²) in [5.41, 5.74) is 1.54. The predicted molar refractivity (Wildman–Crippen MR) is 109 cm³/mol. The number of nitrogens with one attached hydrogen (secondary N) is 1. The van der Waals surface area contributed by atoms with Crippen LogP contribution in [0.5, 0.6) is 0 Å². The Balaban J connectivity index is 2.39. The number of ether oxygens (including phenoxy) is 2. The lowest BCUT2D eigenvalue weighted by molar-refractivity contribution is -0.117.